The molecule has 1 unspecified atom stereocenters. The van der Waals surface area contributed by atoms with E-state index in [0.29, 0.717) is 5.82 Å². The van der Waals surface area contributed by atoms with Gasteiger partial charge in [0.2, 0.25) is 5.91 Å². The van der Waals surface area contributed by atoms with Crippen LogP contribution in [0.4, 0.5) is 5.82 Å². The minimum absolute atomic E-state index is 0.127. The van der Waals surface area contributed by atoms with Gasteiger partial charge >= 0.3 is 5.97 Å². The second-order valence-electron chi connectivity index (χ2n) is 4.01. The highest BCUT2D eigenvalue weighted by Gasteiger charge is 2.21. The number of aryl methyl sites for hydroxylation is 1. The largest absolute Gasteiger partial charge is 0.481 e. The van der Waals surface area contributed by atoms with E-state index >= 15 is 0 Å². The number of rotatable bonds is 4. The lowest BCUT2D eigenvalue weighted by Crippen LogP contribution is -2.36. The van der Waals surface area contributed by atoms with E-state index in [-0.39, 0.29) is 12.5 Å². The molecule has 92 valence electrons. The first-order chi connectivity index (χ1) is 7.93. The Morgan fingerprint density at radius 2 is 2.18 bits per heavy atom. The zero-order chi connectivity index (χ0) is 13.0. The van der Waals surface area contributed by atoms with Gasteiger partial charge in [-0.1, -0.05) is 13.0 Å². The van der Waals surface area contributed by atoms with Crippen molar-refractivity contribution >= 4 is 17.7 Å². The Kier molecular flexibility index (Phi) is 4.20. The second kappa shape index (κ2) is 5.43. The number of hydrogen-bond acceptors (Lipinski definition) is 3. The zero-order valence-electron chi connectivity index (χ0n) is 10.2. The van der Waals surface area contributed by atoms with Crippen LogP contribution in [0, 0.1) is 12.8 Å². The number of carbonyl (C=O) groups excluding carboxylic acids is 1. The van der Waals surface area contributed by atoms with Crippen LogP contribution in [0.25, 0.3) is 0 Å². The smallest absolute Gasteiger partial charge is 0.308 e. The van der Waals surface area contributed by atoms with Gasteiger partial charge in [0, 0.05) is 19.7 Å². The summed E-state index contributed by atoms with van der Waals surface area (Å²) in [4.78, 5) is 27.9. The fourth-order valence-electron chi connectivity index (χ4n) is 1.48. The molecule has 0 spiro atoms. The Balaban J connectivity index is 2.99. The van der Waals surface area contributed by atoms with Crippen molar-refractivity contribution in [2.45, 2.75) is 20.8 Å². The maximum atomic E-state index is 11.5. The highest BCUT2D eigenvalue weighted by atomic mass is 16.4. The van der Waals surface area contributed by atoms with Crippen molar-refractivity contribution in [3.8, 4) is 0 Å². The molecule has 1 rings (SSSR count). The number of pyridine rings is 1. The van der Waals surface area contributed by atoms with Crippen LogP contribution in [-0.2, 0) is 9.59 Å². The Bertz CT molecular complexity index is 432. The molecule has 0 saturated carbocycles. The van der Waals surface area contributed by atoms with Gasteiger partial charge < -0.3 is 5.11 Å². The van der Waals surface area contributed by atoms with Crippen molar-refractivity contribution < 1.29 is 14.7 Å². The van der Waals surface area contributed by atoms with Crippen LogP contribution < -0.4 is 4.90 Å². The summed E-state index contributed by atoms with van der Waals surface area (Å²) in [5, 5.41) is 8.87. The molecule has 0 saturated heterocycles. The summed E-state index contributed by atoms with van der Waals surface area (Å²) in [7, 11) is 0. The summed E-state index contributed by atoms with van der Waals surface area (Å²) in [6, 6.07) is 3.61. The number of anilines is 1. The molecule has 0 aliphatic rings. The van der Waals surface area contributed by atoms with Crippen molar-refractivity contribution in [3.05, 3.63) is 23.9 Å². The molecule has 0 aromatic carbocycles. The summed E-state index contributed by atoms with van der Waals surface area (Å²) in [6.07, 6.45) is 1.59. The number of aliphatic carboxylic acids is 1. The number of nitrogens with zero attached hydrogens (tertiary/aromatic N) is 2. The summed E-state index contributed by atoms with van der Waals surface area (Å²) in [6.45, 7) is 4.94. The molecule has 1 N–H and O–H groups in total. The molecule has 0 bridgehead atoms. The standard InChI is InChI=1S/C12H16N2O3/c1-8-5-4-6-13-11(8)14(10(3)15)7-9(2)12(16)17/h4-6,9H,7H2,1-3H3,(H,16,17). The summed E-state index contributed by atoms with van der Waals surface area (Å²) in [5.41, 5.74) is 0.847. The van der Waals surface area contributed by atoms with Gasteiger partial charge in [-0.05, 0) is 18.6 Å². The lowest BCUT2D eigenvalue weighted by atomic mass is 10.1. The van der Waals surface area contributed by atoms with Gasteiger partial charge in [-0.25, -0.2) is 4.98 Å². The number of carbonyl (C=O) groups is 2. The third-order valence-corrected chi connectivity index (χ3v) is 2.50. The van der Waals surface area contributed by atoms with Gasteiger partial charge in [0.15, 0.2) is 0 Å². The number of hydrogen-bond donors (Lipinski definition) is 1. The van der Waals surface area contributed by atoms with Crippen molar-refractivity contribution in [2.75, 3.05) is 11.4 Å². The lowest BCUT2D eigenvalue weighted by molar-refractivity contribution is -0.140. The summed E-state index contributed by atoms with van der Waals surface area (Å²) in [5.74, 6) is -1.24. The Morgan fingerprint density at radius 1 is 1.53 bits per heavy atom. The van der Waals surface area contributed by atoms with E-state index < -0.39 is 11.9 Å². The molecule has 0 radical (unpaired) electrons. The Hall–Kier alpha value is -1.91. The Labute approximate surface area is 100 Å². The highest BCUT2D eigenvalue weighted by molar-refractivity contribution is 5.91. The first-order valence-corrected chi connectivity index (χ1v) is 5.36. The topological polar surface area (TPSA) is 70.5 Å². The number of aromatic nitrogens is 1. The van der Waals surface area contributed by atoms with Crippen LogP contribution in [0.5, 0.6) is 0 Å². The first kappa shape index (κ1) is 13.2. The maximum Gasteiger partial charge on any atom is 0.308 e. The summed E-state index contributed by atoms with van der Waals surface area (Å²) >= 11 is 0. The fourth-order valence-corrected chi connectivity index (χ4v) is 1.48. The fraction of sp³-hybridized carbons (Fsp3) is 0.417. The van der Waals surface area contributed by atoms with Crippen LogP contribution in [0.15, 0.2) is 18.3 Å². The molecule has 5 nitrogen and oxygen atoms in total. The molecule has 1 aromatic heterocycles. The monoisotopic (exact) mass is 236 g/mol. The molecule has 1 aromatic rings. The average molecular weight is 236 g/mol. The maximum absolute atomic E-state index is 11.5. The third-order valence-electron chi connectivity index (χ3n) is 2.50. The van der Waals surface area contributed by atoms with E-state index in [1.165, 1.54) is 11.8 Å². The summed E-state index contributed by atoms with van der Waals surface area (Å²) < 4.78 is 0. The van der Waals surface area contributed by atoms with Crippen LogP contribution in [0.2, 0.25) is 0 Å². The molecule has 1 atom stereocenters. The Morgan fingerprint density at radius 3 is 2.65 bits per heavy atom. The molecule has 5 heteroatoms. The van der Waals surface area contributed by atoms with E-state index in [9.17, 15) is 9.59 Å². The third kappa shape index (κ3) is 3.27. The first-order valence-electron chi connectivity index (χ1n) is 5.36. The van der Waals surface area contributed by atoms with Gasteiger partial charge in [0.05, 0.1) is 5.92 Å². The quantitative estimate of drug-likeness (QED) is 0.859. The van der Waals surface area contributed by atoms with Crippen molar-refractivity contribution in [1.82, 2.24) is 4.98 Å². The van der Waals surface area contributed by atoms with Gasteiger partial charge in [-0.15, -0.1) is 0 Å². The minimum Gasteiger partial charge on any atom is -0.481 e. The van der Waals surface area contributed by atoms with Crippen molar-refractivity contribution in [3.63, 3.8) is 0 Å². The highest BCUT2D eigenvalue weighted by Crippen LogP contribution is 2.17. The molecular formula is C12H16N2O3. The SMILES string of the molecule is CC(=O)N(CC(C)C(=O)O)c1ncccc1C. The van der Waals surface area contributed by atoms with E-state index in [1.807, 2.05) is 13.0 Å². The van der Waals surface area contributed by atoms with E-state index in [0.717, 1.165) is 5.56 Å². The van der Waals surface area contributed by atoms with Gasteiger partial charge in [0.1, 0.15) is 5.82 Å². The van der Waals surface area contributed by atoms with Crippen LogP contribution >= 0.6 is 0 Å². The predicted molar refractivity (Wildman–Crippen MR) is 63.8 cm³/mol. The van der Waals surface area contributed by atoms with Crippen LogP contribution in [-0.4, -0.2) is 28.5 Å². The van der Waals surface area contributed by atoms with Crippen molar-refractivity contribution in [1.29, 1.82) is 0 Å². The van der Waals surface area contributed by atoms with E-state index in [4.69, 9.17) is 5.11 Å². The molecular weight excluding hydrogens is 220 g/mol. The van der Waals surface area contributed by atoms with Gasteiger partial charge in [0.25, 0.3) is 0 Å². The average Bonchev–Trinajstić information content (AvgIpc) is 2.26. The van der Waals surface area contributed by atoms with Crippen LogP contribution in [0.1, 0.15) is 19.4 Å². The van der Waals surface area contributed by atoms with Gasteiger partial charge in [-0.3, -0.25) is 14.5 Å². The molecule has 17 heavy (non-hydrogen) atoms. The minimum atomic E-state index is -0.926. The van der Waals surface area contributed by atoms with E-state index in [1.54, 1.807) is 19.2 Å². The molecule has 0 aliphatic carbocycles. The molecule has 1 amide bonds. The number of amides is 1. The molecule has 1 heterocycles. The molecule has 0 fully saturated rings. The molecule has 0 aliphatic heterocycles. The van der Waals surface area contributed by atoms with E-state index in [2.05, 4.69) is 4.98 Å². The number of carboxylic acid groups (broad SMARTS) is 1. The van der Waals surface area contributed by atoms with Gasteiger partial charge in [-0.2, -0.15) is 0 Å². The number of carboxylic acids is 1. The predicted octanol–water partition coefficient (Wildman–Crippen LogP) is 1.46. The normalized spacial score (nSPS) is 11.9. The van der Waals surface area contributed by atoms with Crippen LogP contribution in [0.3, 0.4) is 0 Å². The zero-order valence-corrected chi connectivity index (χ0v) is 10.2. The lowest BCUT2D eigenvalue weighted by Gasteiger charge is -2.23. The van der Waals surface area contributed by atoms with Crippen molar-refractivity contribution in [2.24, 2.45) is 5.92 Å². The second-order valence-corrected chi connectivity index (χ2v) is 4.01.